The summed E-state index contributed by atoms with van der Waals surface area (Å²) in [7, 11) is 0. The fraction of sp³-hybridized carbons (Fsp3) is 0.562. The topological polar surface area (TPSA) is 84.6 Å². The van der Waals surface area contributed by atoms with Crippen LogP contribution in [0.5, 0.6) is 0 Å². The molecule has 0 amide bonds. The lowest BCUT2D eigenvalue weighted by Crippen LogP contribution is -2.35. The lowest BCUT2D eigenvalue weighted by Gasteiger charge is -2.21. The van der Waals surface area contributed by atoms with E-state index in [4.69, 9.17) is 15.6 Å². The highest BCUT2D eigenvalue weighted by Crippen LogP contribution is 2.26. The summed E-state index contributed by atoms with van der Waals surface area (Å²) in [4.78, 5) is 12.1. The minimum absolute atomic E-state index is 0.0419. The molecule has 5 nitrogen and oxygen atoms in total. The molecule has 0 heterocycles. The molecule has 1 aromatic rings. The number of esters is 1. The van der Waals surface area contributed by atoms with Crippen molar-refractivity contribution in [1.82, 2.24) is 5.32 Å². The Balaban J connectivity index is 2.79. The largest absolute Gasteiger partial charge is 0.462 e. The summed E-state index contributed by atoms with van der Waals surface area (Å²) in [6, 6.07) is 3.43. The van der Waals surface area contributed by atoms with Crippen molar-refractivity contribution in [2.24, 2.45) is 0 Å². The van der Waals surface area contributed by atoms with Crippen molar-refractivity contribution in [1.29, 1.82) is 0 Å². The number of rotatable bonds is 7. The van der Waals surface area contributed by atoms with Gasteiger partial charge in [0.2, 0.25) is 0 Å². The number of benzene rings is 1. The SMILES string of the molecule is CC(C)(C)NCc1cc(C(=O)OCCCCO)cc(Br)c1N. The normalized spacial score (nSPS) is 11.5. The number of nitrogens with one attached hydrogen (secondary N) is 1. The Morgan fingerprint density at radius 3 is 2.64 bits per heavy atom. The van der Waals surface area contributed by atoms with Crippen molar-refractivity contribution < 1.29 is 14.6 Å². The van der Waals surface area contributed by atoms with Gasteiger partial charge in [-0.15, -0.1) is 0 Å². The molecule has 4 N–H and O–H groups in total. The Labute approximate surface area is 140 Å². The van der Waals surface area contributed by atoms with Crippen molar-refractivity contribution in [3.8, 4) is 0 Å². The second-order valence-electron chi connectivity index (χ2n) is 6.20. The van der Waals surface area contributed by atoms with Gasteiger partial charge in [0.05, 0.1) is 17.9 Å². The molecule has 0 saturated carbocycles. The molecule has 0 saturated heterocycles. The Kier molecular flexibility index (Phi) is 7.32. The number of aliphatic hydroxyl groups is 1. The van der Waals surface area contributed by atoms with Crippen LogP contribution in [-0.2, 0) is 11.3 Å². The molecule has 0 spiro atoms. The lowest BCUT2D eigenvalue weighted by atomic mass is 10.1. The Morgan fingerprint density at radius 2 is 2.05 bits per heavy atom. The quantitative estimate of drug-likeness (QED) is 0.389. The van der Waals surface area contributed by atoms with Gasteiger partial charge in [0.15, 0.2) is 0 Å². The Morgan fingerprint density at radius 1 is 1.36 bits per heavy atom. The standard InChI is InChI=1S/C16H25BrN2O3/c1-16(2,3)19-10-12-8-11(9-13(17)14(12)18)15(21)22-7-5-4-6-20/h8-9,19-20H,4-7,10,18H2,1-3H3. The first-order valence-electron chi connectivity index (χ1n) is 7.35. The van der Waals surface area contributed by atoms with E-state index in [1.54, 1.807) is 12.1 Å². The second kappa shape index (κ2) is 8.50. The van der Waals surface area contributed by atoms with Crippen molar-refractivity contribution in [2.75, 3.05) is 18.9 Å². The summed E-state index contributed by atoms with van der Waals surface area (Å²) in [5.74, 6) is -0.379. The highest BCUT2D eigenvalue weighted by molar-refractivity contribution is 9.10. The predicted molar refractivity (Wildman–Crippen MR) is 91.7 cm³/mol. The molecule has 22 heavy (non-hydrogen) atoms. The fourth-order valence-corrected chi connectivity index (χ4v) is 2.26. The van der Waals surface area contributed by atoms with E-state index in [2.05, 4.69) is 42.0 Å². The Hall–Kier alpha value is -1.11. The van der Waals surface area contributed by atoms with Crippen LogP contribution in [0.3, 0.4) is 0 Å². The number of hydrogen-bond donors (Lipinski definition) is 3. The molecule has 0 aliphatic rings. The van der Waals surface area contributed by atoms with Crippen molar-refractivity contribution >= 4 is 27.6 Å². The summed E-state index contributed by atoms with van der Waals surface area (Å²) >= 11 is 3.39. The van der Waals surface area contributed by atoms with E-state index in [1.165, 1.54) is 0 Å². The van der Waals surface area contributed by atoms with Gasteiger partial charge in [0.1, 0.15) is 0 Å². The van der Waals surface area contributed by atoms with E-state index in [1.807, 2.05) is 0 Å². The number of carbonyl (C=O) groups excluding carboxylic acids is 1. The van der Waals surface area contributed by atoms with Gasteiger partial charge in [-0.05, 0) is 67.2 Å². The van der Waals surface area contributed by atoms with E-state index in [0.29, 0.717) is 41.7 Å². The van der Waals surface area contributed by atoms with Crippen LogP contribution in [0.25, 0.3) is 0 Å². The van der Waals surface area contributed by atoms with Crippen molar-refractivity contribution in [3.05, 3.63) is 27.7 Å². The van der Waals surface area contributed by atoms with Gasteiger partial charge in [0.25, 0.3) is 0 Å². The zero-order valence-electron chi connectivity index (χ0n) is 13.4. The van der Waals surface area contributed by atoms with Crippen LogP contribution in [-0.4, -0.2) is 29.8 Å². The number of carbonyl (C=O) groups is 1. The van der Waals surface area contributed by atoms with Crippen LogP contribution in [0.4, 0.5) is 5.69 Å². The van der Waals surface area contributed by atoms with Gasteiger partial charge < -0.3 is 20.9 Å². The van der Waals surface area contributed by atoms with Gasteiger partial charge in [-0.2, -0.15) is 0 Å². The van der Waals surface area contributed by atoms with Crippen LogP contribution in [0, 0.1) is 0 Å². The third-order valence-corrected chi connectivity index (χ3v) is 3.70. The van der Waals surface area contributed by atoms with Gasteiger partial charge in [-0.3, -0.25) is 0 Å². The molecule has 1 rings (SSSR count). The second-order valence-corrected chi connectivity index (χ2v) is 7.06. The molecule has 0 aromatic heterocycles. The number of hydrogen-bond acceptors (Lipinski definition) is 5. The molecular formula is C16H25BrN2O3. The number of nitrogen functional groups attached to an aromatic ring is 1. The molecule has 0 fully saturated rings. The van der Waals surface area contributed by atoms with Crippen LogP contribution in [0.15, 0.2) is 16.6 Å². The fourth-order valence-electron chi connectivity index (χ4n) is 1.76. The van der Waals surface area contributed by atoms with Crippen molar-refractivity contribution in [2.45, 2.75) is 45.7 Å². The third kappa shape index (κ3) is 6.34. The predicted octanol–water partition coefficient (Wildman–Crippen LogP) is 2.85. The molecule has 124 valence electrons. The average Bonchev–Trinajstić information content (AvgIpc) is 2.43. The van der Waals surface area contributed by atoms with Gasteiger partial charge in [0, 0.05) is 23.2 Å². The Bertz CT molecular complexity index is 513. The first-order chi connectivity index (χ1) is 10.2. The van der Waals surface area contributed by atoms with Crippen LogP contribution >= 0.6 is 15.9 Å². The molecule has 6 heteroatoms. The molecule has 0 unspecified atom stereocenters. The zero-order valence-corrected chi connectivity index (χ0v) is 15.0. The zero-order chi connectivity index (χ0) is 16.8. The molecule has 0 atom stereocenters. The summed E-state index contributed by atoms with van der Waals surface area (Å²) in [6.45, 7) is 7.18. The lowest BCUT2D eigenvalue weighted by molar-refractivity contribution is 0.0492. The monoisotopic (exact) mass is 372 g/mol. The maximum atomic E-state index is 12.1. The van der Waals surface area contributed by atoms with Crippen LogP contribution < -0.4 is 11.1 Å². The number of aliphatic hydroxyl groups excluding tert-OH is 1. The van der Waals surface area contributed by atoms with E-state index in [9.17, 15) is 4.79 Å². The van der Waals surface area contributed by atoms with Crippen molar-refractivity contribution in [3.63, 3.8) is 0 Å². The van der Waals surface area contributed by atoms with Crippen LogP contribution in [0.1, 0.15) is 49.5 Å². The molecule has 0 aliphatic carbocycles. The summed E-state index contributed by atoms with van der Waals surface area (Å²) in [5, 5.41) is 12.1. The molecular weight excluding hydrogens is 348 g/mol. The molecule has 0 radical (unpaired) electrons. The van der Waals surface area contributed by atoms with E-state index in [-0.39, 0.29) is 18.1 Å². The summed E-state index contributed by atoms with van der Waals surface area (Å²) in [5.41, 5.74) is 7.95. The number of unbranched alkanes of at least 4 members (excludes halogenated alkanes) is 1. The number of anilines is 1. The first-order valence-corrected chi connectivity index (χ1v) is 8.15. The van der Waals surface area contributed by atoms with Gasteiger partial charge >= 0.3 is 5.97 Å². The number of ether oxygens (including phenoxy) is 1. The summed E-state index contributed by atoms with van der Waals surface area (Å²) < 4.78 is 5.88. The highest BCUT2D eigenvalue weighted by Gasteiger charge is 2.15. The third-order valence-electron chi connectivity index (χ3n) is 3.05. The summed E-state index contributed by atoms with van der Waals surface area (Å²) in [6.07, 6.45) is 1.27. The number of nitrogens with two attached hydrogens (primary N) is 1. The maximum absolute atomic E-state index is 12.1. The van der Waals surface area contributed by atoms with E-state index >= 15 is 0 Å². The van der Waals surface area contributed by atoms with Crippen LogP contribution in [0.2, 0.25) is 0 Å². The van der Waals surface area contributed by atoms with Gasteiger partial charge in [-0.1, -0.05) is 0 Å². The minimum atomic E-state index is -0.379. The van der Waals surface area contributed by atoms with E-state index < -0.39 is 0 Å². The van der Waals surface area contributed by atoms with Gasteiger partial charge in [-0.25, -0.2) is 4.79 Å². The first kappa shape index (κ1) is 18.9. The number of halogens is 1. The van der Waals surface area contributed by atoms with E-state index in [0.717, 1.165) is 5.56 Å². The smallest absolute Gasteiger partial charge is 0.338 e. The minimum Gasteiger partial charge on any atom is -0.462 e. The maximum Gasteiger partial charge on any atom is 0.338 e. The molecule has 0 aliphatic heterocycles. The molecule has 0 bridgehead atoms. The molecule has 1 aromatic carbocycles. The highest BCUT2D eigenvalue weighted by atomic mass is 79.9. The average molecular weight is 373 g/mol.